The van der Waals surface area contributed by atoms with Crippen molar-refractivity contribution in [1.82, 2.24) is 10.2 Å². The number of rotatable bonds is 9. The zero-order chi connectivity index (χ0) is 24.8. The van der Waals surface area contributed by atoms with Gasteiger partial charge < -0.3 is 20.1 Å². The lowest BCUT2D eigenvalue weighted by Gasteiger charge is -2.30. The maximum Gasteiger partial charge on any atom is 0.407 e. The number of benzene rings is 2. The van der Waals surface area contributed by atoms with Crippen LogP contribution in [0.3, 0.4) is 0 Å². The minimum Gasteiger partial charge on any atom is -0.481 e. The number of alkyl carbamates (subject to hydrolysis) is 1. The van der Waals surface area contributed by atoms with E-state index in [4.69, 9.17) is 9.84 Å². The van der Waals surface area contributed by atoms with Crippen molar-refractivity contribution in [3.05, 3.63) is 71.8 Å². The highest BCUT2D eigenvalue weighted by atomic mass is 16.5. The van der Waals surface area contributed by atoms with Crippen molar-refractivity contribution in [1.29, 1.82) is 0 Å². The highest BCUT2D eigenvalue weighted by molar-refractivity contribution is 5.80. The van der Waals surface area contributed by atoms with E-state index in [0.717, 1.165) is 11.1 Å². The number of allylic oxidation sites excluding steroid dienone is 1. The molecule has 2 amide bonds. The Morgan fingerprint density at radius 3 is 2.34 bits per heavy atom. The molecule has 7 heteroatoms. The van der Waals surface area contributed by atoms with Crippen LogP contribution in [0.5, 0.6) is 0 Å². The van der Waals surface area contributed by atoms with Crippen LogP contribution in [0.1, 0.15) is 49.7 Å². The van der Waals surface area contributed by atoms with E-state index in [9.17, 15) is 14.4 Å². The minimum atomic E-state index is -0.860. The van der Waals surface area contributed by atoms with Crippen molar-refractivity contribution in [2.45, 2.75) is 44.6 Å². The summed E-state index contributed by atoms with van der Waals surface area (Å²) in [5.41, 5.74) is 4.68. The third kappa shape index (κ3) is 5.73. The van der Waals surface area contributed by atoms with Gasteiger partial charge in [-0.3, -0.25) is 9.59 Å². The molecule has 0 saturated heterocycles. The summed E-state index contributed by atoms with van der Waals surface area (Å²) in [6.45, 7) is 3.09. The maximum atomic E-state index is 13.0. The number of aliphatic carboxylic acids is 1. The molecule has 0 unspecified atom stereocenters. The van der Waals surface area contributed by atoms with Crippen LogP contribution in [0.25, 0.3) is 11.1 Å². The van der Waals surface area contributed by atoms with Gasteiger partial charge in [-0.05, 0) is 48.4 Å². The van der Waals surface area contributed by atoms with Gasteiger partial charge in [0.25, 0.3) is 0 Å². The van der Waals surface area contributed by atoms with Gasteiger partial charge in [-0.1, -0.05) is 60.7 Å². The summed E-state index contributed by atoms with van der Waals surface area (Å²) in [5.74, 6) is -1.11. The first kappa shape index (κ1) is 24.5. The van der Waals surface area contributed by atoms with E-state index in [-0.39, 0.29) is 36.8 Å². The van der Waals surface area contributed by atoms with Crippen molar-refractivity contribution in [2.24, 2.45) is 5.92 Å². The summed E-state index contributed by atoms with van der Waals surface area (Å²) in [7, 11) is 0. The Labute approximate surface area is 205 Å². The first-order chi connectivity index (χ1) is 17.0. The Kier molecular flexibility index (Phi) is 7.85. The lowest BCUT2D eigenvalue weighted by atomic mass is 9.89. The summed E-state index contributed by atoms with van der Waals surface area (Å²) in [5, 5.41) is 11.7. The molecule has 2 atom stereocenters. The molecule has 2 aliphatic rings. The number of nitrogens with zero attached hydrogens (tertiary/aromatic N) is 1. The van der Waals surface area contributed by atoms with Gasteiger partial charge in [-0.2, -0.15) is 0 Å². The average Bonchev–Trinajstić information content (AvgIpc) is 3.19. The maximum absolute atomic E-state index is 13.0. The van der Waals surface area contributed by atoms with Crippen LogP contribution in [-0.2, 0) is 14.3 Å². The number of amides is 2. The molecular weight excluding hydrogens is 444 g/mol. The summed E-state index contributed by atoms with van der Waals surface area (Å²) >= 11 is 0. The molecule has 7 nitrogen and oxygen atoms in total. The predicted molar refractivity (Wildman–Crippen MR) is 133 cm³/mol. The smallest absolute Gasteiger partial charge is 0.407 e. The zero-order valence-electron chi connectivity index (χ0n) is 20.0. The van der Waals surface area contributed by atoms with E-state index >= 15 is 0 Å². The molecule has 184 valence electrons. The molecule has 0 aliphatic heterocycles. The molecule has 0 radical (unpaired) electrons. The average molecular weight is 477 g/mol. The van der Waals surface area contributed by atoms with E-state index in [2.05, 4.69) is 29.6 Å². The van der Waals surface area contributed by atoms with Crippen LogP contribution >= 0.6 is 0 Å². The zero-order valence-corrected chi connectivity index (χ0v) is 20.0. The Balaban J connectivity index is 1.31. The van der Waals surface area contributed by atoms with E-state index in [0.29, 0.717) is 32.4 Å². The normalized spacial score (nSPS) is 18.4. The van der Waals surface area contributed by atoms with Crippen LogP contribution in [0.2, 0.25) is 0 Å². The molecule has 0 spiro atoms. The van der Waals surface area contributed by atoms with Gasteiger partial charge in [0.15, 0.2) is 0 Å². The largest absolute Gasteiger partial charge is 0.481 e. The van der Waals surface area contributed by atoms with E-state index < -0.39 is 12.1 Å². The van der Waals surface area contributed by atoms with Gasteiger partial charge in [0.1, 0.15) is 6.61 Å². The number of hydrogen-bond donors (Lipinski definition) is 2. The molecule has 2 aromatic rings. The highest BCUT2D eigenvalue weighted by Crippen LogP contribution is 2.44. The van der Waals surface area contributed by atoms with Gasteiger partial charge in [-0.25, -0.2) is 4.79 Å². The predicted octanol–water partition coefficient (Wildman–Crippen LogP) is 4.57. The van der Waals surface area contributed by atoms with Crippen molar-refractivity contribution in [2.75, 3.05) is 19.7 Å². The van der Waals surface area contributed by atoms with Crippen LogP contribution in [0.4, 0.5) is 4.79 Å². The molecular formula is C28H32N2O5. The Bertz CT molecular complexity index is 1070. The molecule has 35 heavy (non-hydrogen) atoms. The van der Waals surface area contributed by atoms with E-state index in [1.807, 2.05) is 43.3 Å². The Morgan fingerprint density at radius 1 is 1.06 bits per heavy atom. The first-order valence-corrected chi connectivity index (χ1v) is 12.3. The summed E-state index contributed by atoms with van der Waals surface area (Å²) < 4.78 is 5.65. The summed E-state index contributed by atoms with van der Waals surface area (Å²) in [6.07, 6.45) is 4.91. The number of carbonyl (C=O) groups excluding carboxylic acids is 2. The van der Waals surface area contributed by atoms with Crippen LogP contribution in [0.15, 0.2) is 60.7 Å². The van der Waals surface area contributed by atoms with Crippen molar-refractivity contribution in [3.63, 3.8) is 0 Å². The van der Waals surface area contributed by atoms with Crippen LogP contribution in [0, 0.1) is 5.92 Å². The molecule has 2 N–H and O–H groups in total. The molecule has 0 saturated carbocycles. The third-order valence-electron chi connectivity index (χ3n) is 6.84. The van der Waals surface area contributed by atoms with Gasteiger partial charge in [0.05, 0.1) is 6.04 Å². The number of carbonyl (C=O) groups is 3. The molecule has 4 rings (SSSR count). The number of carboxylic acid groups (broad SMARTS) is 1. The SMILES string of the molecule is CCN(CCCC(=O)O)C(=O)[C@@H]1CC=C[C@@H](NC(=O)OCC2c3ccccc3-c3ccccc32)C1. The second-order valence-corrected chi connectivity index (χ2v) is 9.09. The molecule has 0 heterocycles. The topological polar surface area (TPSA) is 95.9 Å². The Morgan fingerprint density at radius 2 is 1.71 bits per heavy atom. The van der Waals surface area contributed by atoms with Crippen LogP contribution in [-0.4, -0.2) is 53.7 Å². The van der Waals surface area contributed by atoms with Crippen molar-refractivity contribution < 1.29 is 24.2 Å². The molecule has 0 bridgehead atoms. The fourth-order valence-corrected chi connectivity index (χ4v) is 5.09. The van der Waals surface area contributed by atoms with Gasteiger partial charge in [0, 0.05) is 31.3 Å². The molecule has 2 aliphatic carbocycles. The minimum absolute atomic E-state index is 0.00146. The Hall–Kier alpha value is -3.61. The number of nitrogens with one attached hydrogen (secondary N) is 1. The molecule has 2 aromatic carbocycles. The highest BCUT2D eigenvalue weighted by Gasteiger charge is 2.31. The quantitative estimate of drug-likeness (QED) is 0.517. The van der Waals surface area contributed by atoms with E-state index in [1.165, 1.54) is 11.1 Å². The monoisotopic (exact) mass is 476 g/mol. The summed E-state index contributed by atoms with van der Waals surface area (Å²) in [4.78, 5) is 38.1. The van der Waals surface area contributed by atoms with Crippen LogP contribution < -0.4 is 5.32 Å². The number of carboxylic acids is 1. The molecule has 0 fully saturated rings. The number of hydrogen-bond acceptors (Lipinski definition) is 4. The lowest BCUT2D eigenvalue weighted by Crippen LogP contribution is -2.43. The van der Waals surface area contributed by atoms with Gasteiger partial charge in [0.2, 0.25) is 5.91 Å². The first-order valence-electron chi connectivity index (χ1n) is 12.3. The number of fused-ring (bicyclic) bond motifs is 3. The fraction of sp³-hybridized carbons (Fsp3) is 0.393. The fourth-order valence-electron chi connectivity index (χ4n) is 5.09. The van der Waals surface area contributed by atoms with Gasteiger partial charge in [-0.15, -0.1) is 0 Å². The standard InChI is InChI=1S/C28H32N2O5/c1-2-30(16-8-15-26(31)32)27(33)19-9-7-10-20(17-19)29-28(34)35-18-25-23-13-5-3-11-21(23)22-12-4-6-14-24(22)25/h3-7,10-14,19-20,25H,2,8-9,15-18H2,1H3,(H,29,34)(H,31,32)/t19-,20-/m1/s1. The summed E-state index contributed by atoms with van der Waals surface area (Å²) in [6, 6.07) is 16.1. The van der Waals surface area contributed by atoms with Crippen molar-refractivity contribution in [3.8, 4) is 11.1 Å². The van der Waals surface area contributed by atoms with Crippen molar-refractivity contribution >= 4 is 18.0 Å². The number of ether oxygens (including phenoxy) is 1. The third-order valence-corrected chi connectivity index (χ3v) is 6.84. The second kappa shape index (κ2) is 11.2. The van der Waals surface area contributed by atoms with Gasteiger partial charge >= 0.3 is 12.1 Å². The molecule has 0 aromatic heterocycles. The second-order valence-electron chi connectivity index (χ2n) is 9.09. The van der Waals surface area contributed by atoms with E-state index in [1.54, 1.807) is 4.90 Å². The lowest BCUT2D eigenvalue weighted by molar-refractivity contribution is -0.139.